The molecule has 1 aliphatic carbocycles. The zero-order chi connectivity index (χ0) is 19.4. The second-order valence-electron chi connectivity index (χ2n) is 6.95. The third-order valence-corrected chi connectivity index (χ3v) is 5.46. The molecular formula is C22H25FN2O2. The summed E-state index contributed by atoms with van der Waals surface area (Å²) >= 11 is 0. The molecule has 2 aromatic carbocycles. The van der Waals surface area contributed by atoms with Crippen molar-refractivity contribution < 1.29 is 14.0 Å². The number of anilines is 1. The second kappa shape index (κ2) is 7.91. The highest BCUT2D eigenvalue weighted by atomic mass is 19.1. The van der Waals surface area contributed by atoms with Gasteiger partial charge in [-0.25, -0.2) is 4.39 Å². The number of halogens is 1. The fourth-order valence-corrected chi connectivity index (χ4v) is 3.60. The normalized spacial score (nSPS) is 14.9. The number of amides is 2. The van der Waals surface area contributed by atoms with Crippen molar-refractivity contribution in [3.8, 4) is 0 Å². The lowest BCUT2D eigenvalue weighted by molar-refractivity contribution is -0.124. The van der Waals surface area contributed by atoms with Crippen LogP contribution in [0.3, 0.4) is 0 Å². The standard InChI is InChI=1S/C22H25FN2O2/c1-3-25(4-2)20(26)16-9-11-19(12-10-16)24-21(27)22(13-6-14-22)17-7-5-8-18(23)15-17/h5,7-12,15H,3-4,6,13-14H2,1-2H3,(H,24,27). The third kappa shape index (κ3) is 3.72. The molecule has 0 saturated heterocycles. The van der Waals surface area contributed by atoms with Gasteiger partial charge in [0.1, 0.15) is 5.82 Å². The minimum Gasteiger partial charge on any atom is -0.339 e. The Morgan fingerprint density at radius 1 is 1.07 bits per heavy atom. The molecule has 4 nitrogen and oxygen atoms in total. The molecule has 142 valence electrons. The second-order valence-corrected chi connectivity index (χ2v) is 6.95. The summed E-state index contributed by atoms with van der Waals surface area (Å²) in [5, 5.41) is 2.94. The fourth-order valence-electron chi connectivity index (χ4n) is 3.60. The summed E-state index contributed by atoms with van der Waals surface area (Å²) in [6.45, 7) is 5.20. The zero-order valence-electron chi connectivity index (χ0n) is 15.8. The smallest absolute Gasteiger partial charge is 0.253 e. The first-order valence-electron chi connectivity index (χ1n) is 9.47. The summed E-state index contributed by atoms with van der Waals surface area (Å²) in [7, 11) is 0. The lowest BCUT2D eigenvalue weighted by Crippen LogP contribution is -2.46. The molecule has 0 aliphatic heterocycles. The molecule has 0 radical (unpaired) electrons. The molecule has 1 N–H and O–H groups in total. The van der Waals surface area contributed by atoms with E-state index in [1.54, 1.807) is 35.2 Å². The van der Waals surface area contributed by atoms with Crippen molar-refractivity contribution in [3.63, 3.8) is 0 Å². The van der Waals surface area contributed by atoms with Gasteiger partial charge in [-0.15, -0.1) is 0 Å². The number of hydrogen-bond donors (Lipinski definition) is 1. The van der Waals surface area contributed by atoms with E-state index in [1.165, 1.54) is 12.1 Å². The quantitative estimate of drug-likeness (QED) is 0.823. The number of carbonyl (C=O) groups is 2. The highest BCUT2D eigenvalue weighted by Gasteiger charge is 2.45. The van der Waals surface area contributed by atoms with Gasteiger partial charge in [0, 0.05) is 24.3 Å². The van der Waals surface area contributed by atoms with Gasteiger partial charge in [0.25, 0.3) is 5.91 Å². The molecule has 0 heterocycles. The van der Waals surface area contributed by atoms with Gasteiger partial charge in [-0.1, -0.05) is 18.6 Å². The summed E-state index contributed by atoms with van der Waals surface area (Å²) in [5.74, 6) is -0.471. The van der Waals surface area contributed by atoms with E-state index in [2.05, 4.69) is 5.32 Å². The molecule has 27 heavy (non-hydrogen) atoms. The van der Waals surface area contributed by atoms with E-state index in [-0.39, 0.29) is 17.6 Å². The van der Waals surface area contributed by atoms with Crippen LogP contribution >= 0.6 is 0 Å². The molecule has 1 fully saturated rings. The van der Waals surface area contributed by atoms with Gasteiger partial charge in [-0.3, -0.25) is 9.59 Å². The topological polar surface area (TPSA) is 49.4 Å². The molecule has 1 saturated carbocycles. The van der Waals surface area contributed by atoms with Crippen molar-refractivity contribution in [3.05, 3.63) is 65.5 Å². The average Bonchev–Trinajstić information content (AvgIpc) is 2.62. The maximum absolute atomic E-state index is 13.6. The Bertz CT molecular complexity index is 824. The predicted molar refractivity (Wildman–Crippen MR) is 104 cm³/mol. The van der Waals surface area contributed by atoms with Gasteiger partial charge in [0.15, 0.2) is 0 Å². The molecule has 0 unspecified atom stereocenters. The van der Waals surface area contributed by atoms with E-state index in [4.69, 9.17) is 0 Å². The highest BCUT2D eigenvalue weighted by Crippen LogP contribution is 2.44. The summed E-state index contributed by atoms with van der Waals surface area (Å²) < 4.78 is 13.6. The Morgan fingerprint density at radius 2 is 1.74 bits per heavy atom. The first-order chi connectivity index (χ1) is 13.0. The molecule has 0 spiro atoms. The van der Waals surface area contributed by atoms with Gasteiger partial charge < -0.3 is 10.2 Å². The lowest BCUT2D eigenvalue weighted by Gasteiger charge is -2.40. The molecule has 0 aromatic heterocycles. The Labute approximate surface area is 159 Å². The fraction of sp³-hybridized carbons (Fsp3) is 0.364. The van der Waals surface area contributed by atoms with Crippen molar-refractivity contribution in [2.75, 3.05) is 18.4 Å². The van der Waals surface area contributed by atoms with E-state index < -0.39 is 5.41 Å². The first kappa shape index (κ1) is 19.1. The molecule has 0 bridgehead atoms. The first-order valence-corrected chi connectivity index (χ1v) is 9.47. The summed E-state index contributed by atoms with van der Waals surface area (Å²) in [6.07, 6.45) is 2.36. The van der Waals surface area contributed by atoms with Crippen LogP contribution in [-0.4, -0.2) is 29.8 Å². The van der Waals surface area contributed by atoms with Crippen LogP contribution in [0.25, 0.3) is 0 Å². The maximum atomic E-state index is 13.6. The SMILES string of the molecule is CCN(CC)C(=O)c1ccc(NC(=O)C2(c3cccc(F)c3)CCC2)cc1. The molecule has 2 aromatic rings. The molecule has 1 aliphatic rings. The molecule has 5 heteroatoms. The predicted octanol–water partition coefficient (Wildman–Crippen LogP) is 4.37. The Kier molecular flexibility index (Phi) is 5.59. The van der Waals surface area contributed by atoms with Gasteiger partial charge in [0.2, 0.25) is 5.91 Å². The number of rotatable bonds is 6. The number of hydrogen-bond acceptors (Lipinski definition) is 2. The maximum Gasteiger partial charge on any atom is 0.253 e. The summed E-state index contributed by atoms with van der Waals surface area (Å²) in [6, 6.07) is 13.2. The summed E-state index contributed by atoms with van der Waals surface area (Å²) in [5.41, 5.74) is 1.29. The van der Waals surface area contributed by atoms with Gasteiger partial charge >= 0.3 is 0 Å². The lowest BCUT2D eigenvalue weighted by atomic mass is 9.63. The van der Waals surface area contributed by atoms with Crippen LogP contribution in [0, 0.1) is 5.82 Å². The number of carbonyl (C=O) groups excluding carboxylic acids is 2. The van der Waals surface area contributed by atoms with E-state index in [9.17, 15) is 14.0 Å². The van der Waals surface area contributed by atoms with Crippen LogP contribution in [-0.2, 0) is 10.2 Å². The highest BCUT2D eigenvalue weighted by molar-refractivity contribution is 6.00. The summed E-state index contributed by atoms with van der Waals surface area (Å²) in [4.78, 5) is 27.1. The van der Waals surface area contributed by atoms with Crippen molar-refractivity contribution in [2.45, 2.75) is 38.5 Å². The Morgan fingerprint density at radius 3 is 2.26 bits per heavy atom. The minimum absolute atomic E-state index is 0.0203. The van der Waals surface area contributed by atoms with E-state index >= 15 is 0 Å². The van der Waals surface area contributed by atoms with E-state index in [0.29, 0.717) is 37.2 Å². The van der Waals surface area contributed by atoms with Crippen LogP contribution < -0.4 is 5.32 Å². The van der Waals surface area contributed by atoms with Crippen molar-refractivity contribution in [1.29, 1.82) is 0 Å². The van der Waals surface area contributed by atoms with Gasteiger partial charge in [-0.05, 0) is 68.7 Å². The molecule has 3 rings (SSSR count). The number of nitrogens with zero attached hydrogens (tertiary/aromatic N) is 1. The average molecular weight is 368 g/mol. The zero-order valence-corrected chi connectivity index (χ0v) is 15.8. The van der Waals surface area contributed by atoms with Crippen LogP contribution in [0.1, 0.15) is 49.0 Å². The molecule has 2 amide bonds. The largest absolute Gasteiger partial charge is 0.339 e. The third-order valence-electron chi connectivity index (χ3n) is 5.46. The van der Waals surface area contributed by atoms with Gasteiger partial charge in [0.05, 0.1) is 5.41 Å². The van der Waals surface area contributed by atoms with Gasteiger partial charge in [-0.2, -0.15) is 0 Å². The van der Waals surface area contributed by atoms with Crippen molar-refractivity contribution >= 4 is 17.5 Å². The Hall–Kier alpha value is -2.69. The van der Waals surface area contributed by atoms with Crippen LogP contribution in [0.4, 0.5) is 10.1 Å². The van der Waals surface area contributed by atoms with E-state index in [1.807, 2.05) is 19.9 Å². The number of nitrogens with one attached hydrogen (secondary N) is 1. The Balaban J connectivity index is 1.75. The van der Waals surface area contributed by atoms with Crippen LogP contribution in [0.5, 0.6) is 0 Å². The van der Waals surface area contributed by atoms with Crippen molar-refractivity contribution in [2.24, 2.45) is 0 Å². The van der Waals surface area contributed by atoms with Crippen LogP contribution in [0.2, 0.25) is 0 Å². The monoisotopic (exact) mass is 368 g/mol. The molecule has 0 atom stereocenters. The van der Waals surface area contributed by atoms with E-state index in [0.717, 1.165) is 12.0 Å². The minimum atomic E-state index is -0.669. The van der Waals surface area contributed by atoms with Crippen LogP contribution in [0.15, 0.2) is 48.5 Å². The molecular weight excluding hydrogens is 343 g/mol. The number of benzene rings is 2. The van der Waals surface area contributed by atoms with Crippen molar-refractivity contribution in [1.82, 2.24) is 4.90 Å².